The highest BCUT2D eigenvalue weighted by Crippen LogP contribution is 2.48. The fraction of sp³-hybridized carbons (Fsp3) is 0. The van der Waals surface area contributed by atoms with Crippen LogP contribution in [-0.2, 0) is 0 Å². The third-order valence-electron chi connectivity index (χ3n) is 8.08. The standard InChI is InChI=1S/C42H30N4S2/c1-7-19-31(20-8-1)37-41(43-39(33-23-11-3-12-24-33)45(37)35-27-15-5-16-28-35)47-48-42-38(32-21-9-2-10-22-32)46(36-29-17-6-18-30-36)40(44-42)34-25-13-4-14-26-34/h1-30H. The zero-order valence-corrected chi connectivity index (χ0v) is 27.6. The molecule has 0 spiro atoms. The van der Waals surface area contributed by atoms with Crippen LogP contribution in [0.25, 0.3) is 56.7 Å². The third kappa shape index (κ3) is 5.88. The maximum absolute atomic E-state index is 5.37. The lowest BCUT2D eigenvalue weighted by Crippen LogP contribution is -2.00. The van der Waals surface area contributed by atoms with E-state index >= 15 is 0 Å². The van der Waals surface area contributed by atoms with E-state index in [1.54, 1.807) is 21.6 Å². The van der Waals surface area contributed by atoms with Crippen molar-refractivity contribution in [3.63, 3.8) is 0 Å². The lowest BCUT2D eigenvalue weighted by atomic mass is 10.1. The highest BCUT2D eigenvalue weighted by atomic mass is 33.1. The van der Waals surface area contributed by atoms with Crippen LogP contribution in [0.5, 0.6) is 0 Å². The summed E-state index contributed by atoms with van der Waals surface area (Å²) in [5, 5.41) is 1.84. The van der Waals surface area contributed by atoms with Crippen LogP contribution in [0.15, 0.2) is 192 Å². The Hall–Kier alpha value is -5.56. The van der Waals surface area contributed by atoms with Gasteiger partial charge in [0.05, 0.1) is 11.4 Å². The average Bonchev–Trinajstić information content (AvgIpc) is 3.75. The molecule has 0 unspecified atom stereocenters. The normalized spacial score (nSPS) is 11.1. The first kappa shape index (κ1) is 29.8. The minimum absolute atomic E-state index is 0.895. The zero-order chi connectivity index (χ0) is 32.1. The van der Waals surface area contributed by atoms with Gasteiger partial charge in [-0.05, 0) is 45.9 Å². The van der Waals surface area contributed by atoms with Gasteiger partial charge in [-0.15, -0.1) is 0 Å². The number of rotatable bonds is 9. The Labute approximate surface area is 288 Å². The van der Waals surface area contributed by atoms with Gasteiger partial charge in [-0.1, -0.05) is 158 Å². The van der Waals surface area contributed by atoms with Gasteiger partial charge in [0, 0.05) is 33.6 Å². The van der Waals surface area contributed by atoms with E-state index in [0.29, 0.717) is 0 Å². The first-order valence-corrected chi connectivity index (χ1v) is 17.9. The summed E-state index contributed by atoms with van der Waals surface area (Å²) in [7, 11) is 3.30. The average molecular weight is 655 g/mol. The molecule has 0 amide bonds. The van der Waals surface area contributed by atoms with Gasteiger partial charge in [0.25, 0.3) is 0 Å². The second-order valence-corrected chi connectivity index (χ2v) is 13.3. The number of hydrogen-bond donors (Lipinski definition) is 0. The Morgan fingerprint density at radius 2 is 0.583 bits per heavy atom. The van der Waals surface area contributed by atoms with Crippen LogP contribution >= 0.6 is 21.6 Å². The molecule has 6 aromatic carbocycles. The molecule has 48 heavy (non-hydrogen) atoms. The first-order valence-electron chi connectivity index (χ1n) is 15.8. The summed E-state index contributed by atoms with van der Waals surface area (Å²) in [5.41, 5.74) is 8.52. The molecule has 2 heterocycles. The first-order chi connectivity index (χ1) is 23.8. The molecule has 6 heteroatoms. The van der Waals surface area contributed by atoms with Gasteiger partial charge in [0.1, 0.15) is 21.7 Å². The van der Waals surface area contributed by atoms with Gasteiger partial charge >= 0.3 is 0 Å². The molecule has 4 nitrogen and oxygen atoms in total. The van der Waals surface area contributed by atoms with E-state index in [-0.39, 0.29) is 0 Å². The number of aromatic nitrogens is 4. The summed E-state index contributed by atoms with van der Waals surface area (Å²) in [6, 6.07) is 62.9. The summed E-state index contributed by atoms with van der Waals surface area (Å²) in [6.07, 6.45) is 0. The Morgan fingerprint density at radius 1 is 0.312 bits per heavy atom. The van der Waals surface area contributed by atoms with Gasteiger partial charge in [-0.3, -0.25) is 9.13 Å². The van der Waals surface area contributed by atoms with Crippen LogP contribution in [0.2, 0.25) is 0 Å². The van der Waals surface area contributed by atoms with Crippen molar-refractivity contribution in [1.29, 1.82) is 0 Å². The van der Waals surface area contributed by atoms with E-state index in [0.717, 1.165) is 66.7 Å². The number of nitrogens with zero attached hydrogens (tertiary/aromatic N) is 4. The molecule has 0 radical (unpaired) electrons. The van der Waals surface area contributed by atoms with Crippen LogP contribution in [0.4, 0.5) is 0 Å². The van der Waals surface area contributed by atoms with Crippen molar-refractivity contribution in [3.8, 4) is 56.7 Å². The van der Waals surface area contributed by atoms with Crippen molar-refractivity contribution in [2.45, 2.75) is 10.1 Å². The fourth-order valence-electron chi connectivity index (χ4n) is 5.91. The molecule has 0 atom stereocenters. The van der Waals surface area contributed by atoms with Crippen LogP contribution in [0, 0.1) is 0 Å². The van der Waals surface area contributed by atoms with Gasteiger partial charge in [-0.2, -0.15) is 0 Å². The van der Waals surface area contributed by atoms with Crippen molar-refractivity contribution < 1.29 is 0 Å². The summed E-state index contributed by atoms with van der Waals surface area (Å²) < 4.78 is 4.56. The molecule has 0 saturated carbocycles. The maximum atomic E-state index is 5.37. The molecule has 8 rings (SSSR count). The predicted octanol–water partition coefficient (Wildman–Crippen LogP) is 11.5. The molecule has 0 bridgehead atoms. The molecule has 230 valence electrons. The van der Waals surface area contributed by atoms with Gasteiger partial charge in [-0.25, -0.2) is 9.97 Å². The Balaban J connectivity index is 1.32. The van der Waals surface area contributed by atoms with Gasteiger partial charge in [0.15, 0.2) is 0 Å². The molecule has 8 aromatic rings. The van der Waals surface area contributed by atoms with E-state index in [1.165, 1.54) is 0 Å². The number of imidazole rings is 2. The number of benzene rings is 6. The zero-order valence-electron chi connectivity index (χ0n) is 25.9. The summed E-state index contributed by atoms with van der Waals surface area (Å²) in [5.74, 6) is 1.79. The molecule has 0 aliphatic rings. The highest BCUT2D eigenvalue weighted by molar-refractivity contribution is 8.76. The quantitative estimate of drug-likeness (QED) is 0.145. The fourth-order valence-corrected chi connectivity index (χ4v) is 8.06. The monoisotopic (exact) mass is 654 g/mol. The smallest absolute Gasteiger partial charge is 0.146 e. The van der Waals surface area contributed by atoms with E-state index in [4.69, 9.17) is 9.97 Å². The maximum Gasteiger partial charge on any atom is 0.146 e. The van der Waals surface area contributed by atoms with E-state index in [9.17, 15) is 0 Å². The molecule has 2 aromatic heterocycles. The minimum Gasteiger partial charge on any atom is -0.291 e. The number of para-hydroxylation sites is 2. The second-order valence-electron chi connectivity index (χ2n) is 11.2. The molecule has 0 N–H and O–H groups in total. The number of hydrogen-bond acceptors (Lipinski definition) is 4. The lowest BCUT2D eigenvalue weighted by Gasteiger charge is -2.14. The van der Waals surface area contributed by atoms with Crippen LogP contribution < -0.4 is 0 Å². The molecule has 0 aliphatic heterocycles. The molecule has 0 aliphatic carbocycles. The van der Waals surface area contributed by atoms with Crippen molar-refractivity contribution in [2.75, 3.05) is 0 Å². The molecule has 0 fully saturated rings. The van der Waals surface area contributed by atoms with Crippen LogP contribution in [0.3, 0.4) is 0 Å². The minimum atomic E-state index is 0.895. The van der Waals surface area contributed by atoms with Crippen molar-refractivity contribution in [3.05, 3.63) is 182 Å². The second kappa shape index (κ2) is 13.7. The van der Waals surface area contributed by atoms with Gasteiger partial charge in [0.2, 0.25) is 0 Å². The van der Waals surface area contributed by atoms with Crippen molar-refractivity contribution in [1.82, 2.24) is 19.1 Å². The topological polar surface area (TPSA) is 35.6 Å². The predicted molar refractivity (Wildman–Crippen MR) is 201 cm³/mol. The SMILES string of the molecule is c1ccc(-c2nc(SSc3nc(-c4ccccc4)n(-c4ccccc4)c3-c3ccccc3)c(-c3ccccc3)n2-c2ccccc2)cc1. The van der Waals surface area contributed by atoms with E-state index in [1.807, 2.05) is 12.1 Å². The van der Waals surface area contributed by atoms with Crippen molar-refractivity contribution >= 4 is 21.6 Å². The van der Waals surface area contributed by atoms with Crippen LogP contribution in [-0.4, -0.2) is 19.1 Å². The largest absolute Gasteiger partial charge is 0.291 e. The molecular formula is C42H30N4S2. The lowest BCUT2D eigenvalue weighted by molar-refractivity contribution is 1.07. The summed E-state index contributed by atoms with van der Waals surface area (Å²) in [6.45, 7) is 0. The molecule has 0 saturated heterocycles. The summed E-state index contributed by atoms with van der Waals surface area (Å²) >= 11 is 0. The Morgan fingerprint density at radius 3 is 0.896 bits per heavy atom. The van der Waals surface area contributed by atoms with Gasteiger partial charge < -0.3 is 0 Å². The van der Waals surface area contributed by atoms with Crippen molar-refractivity contribution in [2.24, 2.45) is 0 Å². The Kier molecular flexibility index (Phi) is 8.48. The summed E-state index contributed by atoms with van der Waals surface area (Å²) in [4.78, 5) is 10.7. The Bertz CT molecular complexity index is 2090. The van der Waals surface area contributed by atoms with E-state index in [2.05, 4.69) is 179 Å². The molecular weight excluding hydrogens is 625 g/mol. The van der Waals surface area contributed by atoms with Crippen LogP contribution in [0.1, 0.15) is 0 Å². The van der Waals surface area contributed by atoms with E-state index < -0.39 is 0 Å². The third-order valence-corrected chi connectivity index (χ3v) is 10.2. The highest BCUT2D eigenvalue weighted by Gasteiger charge is 2.26.